The summed E-state index contributed by atoms with van der Waals surface area (Å²) in [5.41, 5.74) is 0.859. The SMILES string of the molecule is NSc1cccc(NC(=O)C2CC3CCC2C3)c1. The van der Waals surface area contributed by atoms with Gasteiger partial charge in [-0.15, -0.1) is 0 Å². The van der Waals surface area contributed by atoms with E-state index in [9.17, 15) is 4.79 Å². The zero-order valence-electron chi connectivity index (χ0n) is 10.3. The Morgan fingerprint density at radius 2 is 2.22 bits per heavy atom. The van der Waals surface area contributed by atoms with E-state index in [0.717, 1.165) is 22.9 Å². The minimum absolute atomic E-state index is 0.196. The van der Waals surface area contributed by atoms with E-state index >= 15 is 0 Å². The van der Waals surface area contributed by atoms with Crippen molar-refractivity contribution in [2.75, 3.05) is 5.32 Å². The third-order valence-corrected chi connectivity index (χ3v) is 4.84. The molecule has 0 heterocycles. The number of hydrogen-bond acceptors (Lipinski definition) is 3. The Bertz CT molecular complexity index is 463. The van der Waals surface area contributed by atoms with Crippen LogP contribution >= 0.6 is 11.9 Å². The van der Waals surface area contributed by atoms with Gasteiger partial charge in [0.25, 0.3) is 0 Å². The molecule has 0 aromatic heterocycles. The highest BCUT2D eigenvalue weighted by atomic mass is 32.2. The molecule has 2 fully saturated rings. The highest BCUT2D eigenvalue weighted by Gasteiger charge is 2.42. The number of nitrogens with one attached hydrogen (secondary N) is 1. The maximum absolute atomic E-state index is 12.3. The largest absolute Gasteiger partial charge is 0.326 e. The Morgan fingerprint density at radius 3 is 2.89 bits per heavy atom. The summed E-state index contributed by atoms with van der Waals surface area (Å²) in [7, 11) is 0. The Morgan fingerprint density at radius 1 is 1.33 bits per heavy atom. The molecule has 2 saturated carbocycles. The van der Waals surface area contributed by atoms with Crippen molar-refractivity contribution in [2.45, 2.75) is 30.6 Å². The van der Waals surface area contributed by atoms with Gasteiger partial charge >= 0.3 is 0 Å². The van der Waals surface area contributed by atoms with Crippen molar-refractivity contribution in [3.05, 3.63) is 24.3 Å². The molecular formula is C14H18N2OS. The van der Waals surface area contributed by atoms with Crippen molar-refractivity contribution < 1.29 is 4.79 Å². The number of carbonyl (C=O) groups is 1. The predicted octanol–water partition coefficient (Wildman–Crippen LogP) is 3.03. The van der Waals surface area contributed by atoms with Gasteiger partial charge in [0.2, 0.25) is 5.91 Å². The minimum Gasteiger partial charge on any atom is -0.326 e. The van der Waals surface area contributed by atoms with Crippen LogP contribution in [0.4, 0.5) is 5.69 Å². The van der Waals surface area contributed by atoms with Crippen LogP contribution in [-0.2, 0) is 4.79 Å². The lowest BCUT2D eigenvalue weighted by Gasteiger charge is -2.20. The second-order valence-electron chi connectivity index (χ2n) is 5.42. The van der Waals surface area contributed by atoms with E-state index in [0.29, 0.717) is 5.92 Å². The molecule has 96 valence electrons. The second-order valence-corrected chi connectivity index (χ2v) is 6.12. The molecule has 3 nitrogen and oxygen atoms in total. The molecule has 1 aromatic rings. The molecule has 3 unspecified atom stereocenters. The van der Waals surface area contributed by atoms with E-state index in [1.165, 1.54) is 31.2 Å². The lowest BCUT2D eigenvalue weighted by molar-refractivity contribution is -0.121. The molecule has 0 radical (unpaired) electrons. The zero-order valence-corrected chi connectivity index (χ0v) is 11.1. The van der Waals surface area contributed by atoms with Crippen molar-refractivity contribution in [1.82, 2.24) is 0 Å². The molecule has 1 amide bonds. The molecule has 3 atom stereocenters. The Balaban J connectivity index is 1.67. The summed E-state index contributed by atoms with van der Waals surface area (Å²) in [6, 6.07) is 7.71. The standard InChI is InChI=1S/C14H18N2OS/c15-18-12-3-1-2-11(8-12)16-14(17)13-7-9-4-5-10(13)6-9/h1-3,8-10,13H,4-7,15H2,(H,16,17). The number of carbonyl (C=O) groups excluding carboxylic acids is 1. The quantitative estimate of drug-likeness (QED) is 0.823. The van der Waals surface area contributed by atoms with Gasteiger partial charge in [-0.3, -0.25) is 9.93 Å². The maximum Gasteiger partial charge on any atom is 0.227 e. The summed E-state index contributed by atoms with van der Waals surface area (Å²) in [6.07, 6.45) is 4.91. The molecule has 2 bridgehead atoms. The molecule has 18 heavy (non-hydrogen) atoms. The summed E-state index contributed by atoms with van der Waals surface area (Å²) in [5.74, 6) is 1.86. The highest BCUT2D eigenvalue weighted by molar-refractivity contribution is 7.97. The zero-order chi connectivity index (χ0) is 12.5. The van der Waals surface area contributed by atoms with Crippen LogP contribution in [0, 0.1) is 17.8 Å². The van der Waals surface area contributed by atoms with Crippen molar-refractivity contribution in [1.29, 1.82) is 0 Å². The number of hydrogen-bond donors (Lipinski definition) is 2. The van der Waals surface area contributed by atoms with E-state index < -0.39 is 0 Å². The fraction of sp³-hybridized carbons (Fsp3) is 0.500. The van der Waals surface area contributed by atoms with E-state index in [4.69, 9.17) is 5.14 Å². The molecule has 0 saturated heterocycles. The highest BCUT2D eigenvalue weighted by Crippen LogP contribution is 2.48. The normalized spacial score (nSPS) is 29.5. The lowest BCUT2D eigenvalue weighted by Crippen LogP contribution is -2.27. The van der Waals surface area contributed by atoms with Gasteiger partial charge in [-0.2, -0.15) is 0 Å². The summed E-state index contributed by atoms with van der Waals surface area (Å²) in [4.78, 5) is 13.2. The third kappa shape index (κ3) is 2.27. The van der Waals surface area contributed by atoms with Gasteiger partial charge in [0.05, 0.1) is 0 Å². The van der Waals surface area contributed by atoms with Crippen molar-refractivity contribution in [3.63, 3.8) is 0 Å². The number of rotatable bonds is 3. The van der Waals surface area contributed by atoms with Crippen LogP contribution in [0.2, 0.25) is 0 Å². The van der Waals surface area contributed by atoms with Crippen LogP contribution in [0.25, 0.3) is 0 Å². The van der Waals surface area contributed by atoms with Crippen molar-refractivity contribution in [2.24, 2.45) is 22.9 Å². The van der Waals surface area contributed by atoms with Gasteiger partial charge in [0.1, 0.15) is 0 Å². The van der Waals surface area contributed by atoms with E-state index in [-0.39, 0.29) is 11.8 Å². The average Bonchev–Trinajstić information content (AvgIpc) is 3.01. The average molecular weight is 262 g/mol. The molecule has 3 rings (SSSR count). The number of fused-ring (bicyclic) bond motifs is 2. The fourth-order valence-corrected chi connectivity index (χ4v) is 3.80. The van der Waals surface area contributed by atoms with Gasteiger partial charge in [-0.25, -0.2) is 0 Å². The number of anilines is 1. The van der Waals surface area contributed by atoms with Gasteiger partial charge < -0.3 is 5.32 Å². The molecule has 3 N–H and O–H groups in total. The second kappa shape index (κ2) is 4.94. The summed E-state index contributed by atoms with van der Waals surface area (Å²) >= 11 is 1.20. The first kappa shape index (κ1) is 12.1. The third-order valence-electron chi connectivity index (χ3n) is 4.31. The number of benzene rings is 1. The summed E-state index contributed by atoms with van der Waals surface area (Å²) < 4.78 is 0. The van der Waals surface area contributed by atoms with Crippen LogP contribution in [0.3, 0.4) is 0 Å². The Kier molecular flexibility index (Phi) is 3.31. The first-order valence-corrected chi connectivity index (χ1v) is 7.42. The van der Waals surface area contributed by atoms with Gasteiger partial charge in [-0.05, 0) is 61.2 Å². The predicted molar refractivity (Wildman–Crippen MR) is 74.1 cm³/mol. The van der Waals surface area contributed by atoms with Crippen LogP contribution < -0.4 is 10.5 Å². The molecule has 2 aliphatic rings. The molecular weight excluding hydrogens is 244 g/mol. The van der Waals surface area contributed by atoms with Gasteiger partial charge in [0, 0.05) is 16.5 Å². The molecule has 0 aliphatic heterocycles. The van der Waals surface area contributed by atoms with Crippen LogP contribution in [0.1, 0.15) is 25.7 Å². The van der Waals surface area contributed by atoms with Gasteiger partial charge in [0.15, 0.2) is 0 Å². The minimum atomic E-state index is 0.196. The van der Waals surface area contributed by atoms with Crippen LogP contribution in [0.5, 0.6) is 0 Å². The Hall–Kier alpha value is -1.00. The van der Waals surface area contributed by atoms with E-state index in [1.54, 1.807) is 0 Å². The first-order chi connectivity index (χ1) is 8.76. The first-order valence-electron chi connectivity index (χ1n) is 6.54. The van der Waals surface area contributed by atoms with Crippen LogP contribution in [0.15, 0.2) is 29.2 Å². The Labute approximate surface area is 112 Å². The number of nitrogens with two attached hydrogens (primary N) is 1. The fourth-order valence-electron chi connectivity index (χ4n) is 3.45. The lowest BCUT2D eigenvalue weighted by atomic mass is 9.88. The van der Waals surface area contributed by atoms with Crippen molar-refractivity contribution in [3.8, 4) is 0 Å². The van der Waals surface area contributed by atoms with Gasteiger partial charge in [-0.1, -0.05) is 12.5 Å². The topological polar surface area (TPSA) is 55.1 Å². The summed E-state index contributed by atoms with van der Waals surface area (Å²) in [6.45, 7) is 0. The smallest absolute Gasteiger partial charge is 0.227 e. The summed E-state index contributed by atoms with van der Waals surface area (Å²) in [5, 5.41) is 8.56. The number of amides is 1. The van der Waals surface area contributed by atoms with E-state index in [2.05, 4.69) is 5.32 Å². The van der Waals surface area contributed by atoms with Crippen molar-refractivity contribution >= 4 is 23.5 Å². The molecule has 4 heteroatoms. The maximum atomic E-state index is 12.3. The molecule has 2 aliphatic carbocycles. The van der Waals surface area contributed by atoms with E-state index in [1.807, 2.05) is 24.3 Å². The monoisotopic (exact) mass is 262 g/mol. The molecule has 1 aromatic carbocycles. The van der Waals surface area contributed by atoms with Crippen LogP contribution in [-0.4, -0.2) is 5.91 Å². The molecule has 0 spiro atoms.